The normalized spacial score (nSPS) is 14.0. The first kappa shape index (κ1) is 13.6. The van der Waals surface area contributed by atoms with E-state index in [-0.39, 0.29) is 0 Å². The summed E-state index contributed by atoms with van der Waals surface area (Å²) in [6, 6.07) is 17.4. The second-order valence-electron chi connectivity index (χ2n) is 5.41. The van der Waals surface area contributed by atoms with Gasteiger partial charge in [0.05, 0.1) is 0 Å². The van der Waals surface area contributed by atoms with Gasteiger partial charge in [-0.25, -0.2) is 0 Å². The van der Waals surface area contributed by atoms with Crippen LogP contribution in [0.25, 0.3) is 16.7 Å². The molecule has 2 aromatic carbocycles. The summed E-state index contributed by atoms with van der Waals surface area (Å²) in [4.78, 5) is 0. The fraction of sp³-hybridized carbons (Fsp3) is 0.263. The molecule has 0 unspecified atom stereocenters. The molecule has 0 aromatic heterocycles. The van der Waals surface area contributed by atoms with Gasteiger partial charge in [-0.15, -0.1) is 0 Å². The second-order valence-corrected chi connectivity index (χ2v) is 5.97. The number of rotatable bonds is 3. The van der Waals surface area contributed by atoms with Gasteiger partial charge >= 0.3 is 0 Å². The van der Waals surface area contributed by atoms with Gasteiger partial charge in [0, 0.05) is 5.33 Å². The Morgan fingerprint density at radius 1 is 1.00 bits per heavy atom. The predicted octanol–water partition coefficient (Wildman–Crippen LogP) is 5.99. The number of allylic oxidation sites excluding steroid dienone is 2. The minimum atomic E-state index is 0.960. The summed E-state index contributed by atoms with van der Waals surface area (Å²) in [6.45, 7) is 2.25. The Morgan fingerprint density at radius 3 is 2.35 bits per heavy atom. The van der Waals surface area contributed by atoms with Gasteiger partial charge in [0.25, 0.3) is 0 Å². The van der Waals surface area contributed by atoms with E-state index in [0.29, 0.717) is 0 Å². The molecule has 1 aliphatic carbocycles. The molecule has 1 saturated carbocycles. The average molecular weight is 327 g/mol. The quantitative estimate of drug-likeness (QED) is 0.607. The van der Waals surface area contributed by atoms with Crippen LogP contribution in [0.3, 0.4) is 0 Å². The van der Waals surface area contributed by atoms with Crippen LogP contribution < -0.4 is 0 Å². The molecule has 0 amide bonds. The van der Waals surface area contributed by atoms with Crippen molar-refractivity contribution < 1.29 is 0 Å². The molecule has 0 aliphatic heterocycles. The van der Waals surface area contributed by atoms with Gasteiger partial charge in [-0.3, -0.25) is 0 Å². The van der Waals surface area contributed by atoms with Crippen molar-refractivity contribution >= 4 is 21.5 Å². The molecule has 0 radical (unpaired) electrons. The zero-order valence-corrected chi connectivity index (χ0v) is 13.4. The van der Waals surface area contributed by atoms with Gasteiger partial charge in [-0.1, -0.05) is 70.0 Å². The molecule has 0 atom stereocenters. The van der Waals surface area contributed by atoms with Crippen molar-refractivity contribution in [2.75, 3.05) is 5.33 Å². The largest absolute Gasteiger partial charge is 0.0876 e. The molecule has 0 saturated heterocycles. The zero-order chi connectivity index (χ0) is 13.9. The summed E-state index contributed by atoms with van der Waals surface area (Å²) in [5.74, 6) is 0. The van der Waals surface area contributed by atoms with Gasteiger partial charge in [0.1, 0.15) is 0 Å². The van der Waals surface area contributed by atoms with Crippen LogP contribution in [-0.2, 0) is 0 Å². The van der Waals surface area contributed by atoms with Crippen LogP contribution in [0.5, 0.6) is 0 Å². The van der Waals surface area contributed by atoms with Crippen molar-refractivity contribution in [2.24, 2.45) is 0 Å². The fourth-order valence-electron chi connectivity index (χ4n) is 2.91. The highest BCUT2D eigenvalue weighted by Gasteiger charge is 2.17. The third kappa shape index (κ3) is 2.47. The van der Waals surface area contributed by atoms with Crippen molar-refractivity contribution in [3.05, 3.63) is 65.2 Å². The van der Waals surface area contributed by atoms with Crippen LogP contribution in [0, 0.1) is 6.92 Å². The second kappa shape index (κ2) is 5.97. The van der Waals surface area contributed by atoms with Gasteiger partial charge in [-0.05, 0) is 54.0 Å². The first-order chi connectivity index (χ1) is 9.81. The molecule has 0 bridgehead atoms. The smallest absolute Gasteiger partial charge is 0.0288 e. The summed E-state index contributed by atoms with van der Waals surface area (Å²) < 4.78 is 0. The molecular weight excluding hydrogens is 308 g/mol. The molecular formula is C19H19Br. The summed E-state index contributed by atoms with van der Waals surface area (Å²) in [5.41, 5.74) is 8.60. The summed E-state index contributed by atoms with van der Waals surface area (Å²) in [6.07, 6.45) is 3.90. The molecule has 0 nitrogen and oxygen atoms in total. The lowest BCUT2D eigenvalue weighted by Crippen LogP contribution is -2.04. The summed E-state index contributed by atoms with van der Waals surface area (Å²) >= 11 is 3.68. The lowest BCUT2D eigenvalue weighted by molar-refractivity contribution is 0.665. The van der Waals surface area contributed by atoms with E-state index in [9.17, 15) is 0 Å². The molecule has 1 aliphatic rings. The highest BCUT2D eigenvalue weighted by atomic mass is 79.9. The number of halogens is 1. The van der Waals surface area contributed by atoms with Crippen LogP contribution in [0.2, 0.25) is 0 Å². The molecule has 20 heavy (non-hydrogen) atoms. The van der Waals surface area contributed by atoms with E-state index in [1.165, 1.54) is 47.1 Å². The van der Waals surface area contributed by atoms with Gasteiger partial charge in [-0.2, -0.15) is 0 Å². The number of hydrogen-bond acceptors (Lipinski definition) is 0. The van der Waals surface area contributed by atoms with Crippen LogP contribution in [-0.4, -0.2) is 5.33 Å². The zero-order valence-electron chi connectivity index (χ0n) is 11.8. The van der Waals surface area contributed by atoms with Crippen molar-refractivity contribution in [3.8, 4) is 11.1 Å². The number of benzene rings is 2. The van der Waals surface area contributed by atoms with Crippen LogP contribution in [0.1, 0.15) is 30.4 Å². The maximum Gasteiger partial charge on any atom is 0.0288 e. The molecule has 3 rings (SSSR count). The van der Waals surface area contributed by atoms with Crippen molar-refractivity contribution in [1.82, 2.24) is 0 Å². The Kier molecular flexibility index (Phi) is 4.07. The van der Waals surface area contributed by atoms with E-state index < -0.39 is 0 Å². The van der Waals surface area contributed by atoms with Gasteiger partial charge < -0.3 is 0 Å². The first-order valence-corrected chi connectivity index (χ1v) is 8.35. The monoisotopic (exact) mass is 326 g/mol. The van der Waals surface area contributed by atoms with Gasteiger partial charge in [0.15, 0.2) is 0 Å². The standard InChI is InChI=1S/C19H19Br/c1-14-17(15-7-3-2-4-8-15)11-6-12-18(14)19(13-20)16-9-5-10-16/h2-4,6-8,11-12H,5,9-10,13H2,1H3. The van der Waals surface area contributed by atoms with Crippen LogP contribution >= 0.6 is 15.9 Å². The Hall–Kier alpha value is -1.34. The molecule has 1 heteroatoms. The molecule has 0 heterocycles. The highest BCUT2D eigenvalue weighted by Crippen LogP contribution is 2.37. The fourth-order valence-corrected chi connectivity index (χ4v) is 3.60. The van der Waals surface area contributed by atoms with Crippen molar-refractivity contribution in [3.63, 3.8) is 0 Å². The number of hydrogen-bond donors (Lipinski definition) is 0. The molecule has 1 fully saturated rings. The lowest BCUT2D eigenvalue weighted by Gasteiger charge is -2.23. The Bertz CT molecular complexity index is 632. The third-order valence-electron chi connectivity index (χ3n) is 4.26. The van der Waals surface area contributed by atoms with Crippen molar-refractivity contribution in [2.45, 2.75) is 26.2 Å². The van der Waals surface area contributed by atoms with E-state index in [1.807, 2.05) is 0 Å². The van der Waals surface area contributed by atoms with E-state index in [0.717, 1.165) is 5.33 Å². The lowest BCUT2D eigenvalue weighted by atomic mass is 9.83. The topological polar surface area (TPSA) is 0 Å². The SMILES string of the molecule is Cc1c(C(CBr)=C2CCC2)cccc1-c1ccccc1. The minimum Gasteiger partial charge on any atom is -0.0876 e. The van der Waals surface area contributed by atoms with E-state index >= 15 is 0 Å². The minimum absolute atomic E-state index is 0.960. The molecule has 2 aromatic rings. The maximum absolute atomic E-state index is 3.68. The summed E-state index contributed by atoms with van der Waals surface area (Å²) in [7, 11) is 0. The molecule has 102 valence electrons. The van der Waals surface area contributed by atoms with E-state index in [4.69, 9.17) is 0 Å². The molecule has 0 spiro atoms. The van der Waals surface area contributed by atoms with Crippen LogP contribution in [0.15, 0.2) is 54.1 Å². The average Bonchev–Trinajstić information content (AvgIpc) is 2.44. The predicted molar refractivity (Wildman–Crippen MR) is 91.2 cm³/mol. The number of alkyl halides is 1. The van der Waals surface area contributed by atoms with E-state index in [2.05, 4.69) is 71.4 Å². The van der Waals surface area contributed by atoms with Gasteiger partial charge in [0.2, 0.25) is 0 Å². The first-order valence-electron chi connectivity index (χ1n) is 7.23. The Morgan fingerprint density at radius 2 is 1.75 bits per heavy atom. The molecule has 0 N–H and O–H groups in total. The Labute approximate surface area is 129 Å². The Balaban J connectivity index is 2.10. The third-order valence-corrected chi connectivity index (χ3v) is 4.82. The van der Waals surface area contributed by atoms with Crippen LogP contribution in [0.4, 0.5) is 0 Å². The van der Waals surface area contributed by atoms with E-state index in [1.54, 1.807) is 5.57 Å². The maximum atomic E-state index is 3.68. The van der Waals surface area contributed by atoms with Crippen molar-refractivity contribution in [1.29, 1.82) is 0 Å². The highest BCUT2D eigenvalue weighted by molar-refractivity contribution is 9.09. The summed E-state index contributed by atoms with van der Waals surface area (Å²) in [5, 5.41) is 0.960.